The van der Waals surface area contributed by atoms with Crippen LogP contribution in [0.25, 0.3) is 0 Å². The summed E-state index contributed by atoms with van der Waals surface area (Å²) < 4.78 is 26.9. The fraction of sp³-hybridized carbons (Fsp3) is 0.294. The largest absolute Gasteiger partial charge is 0.476 e. The third-order valence-corrected chi connectivity index (χ3v) is 6.06. The highest BCUT2D eigenvalue weighted by molar-refractivity contribution is 7.89. The van der Waals surface area contributed by atoms with Crippen LogP contribution >= 0.6 is 0 Å². The Kier molecular flexibility index (Phi) is 6.24. The number of nitrogens with zero attached hydrogens (tertiary/aromatic N) is 3. The third-order valence-electron chi connectivity index (χ3n) is 3.87. The van der Waals surface area contributed by atoms with Crippen molar-refractivity contribution in [3.05, 3.63) is 47.5 Å². The van der Waals surface area contributed by atoms with Crippen LogP contribution in [-0.4, -0.2) is 52.8 Å². The van der Waals surface area contributed by atoms with Gasteiger partial charge in [-0.3, -0.25) is 4.79 Å². The lowest BCUT2D eigenvalue weighted by molar-refractivity contribution is 0.0689. The van der Waals surface area contributed by atoms with Crippen LogP contribution in [-0.2, 0) is 10.0 Å². The van der Waals surface area contributed by atoms with Crippen LogP contribution in [0.3, 0.4) is 0 Å². The number of carbonyl (C=O) groups is 2. The Balaban J connectivity index is 2.30. The lowest BCUT2D eigenvalue weighted by atomic mass is 10.2. The average Bonchev–Trinajstić information content (AvgIpc) is 2.64. The van der Waals surface area contributed by atoms with Gasteiger partial charge >= 0.3 is 5.97 Å². The molecule has 9 nitrogen and oxygen atoms in total. The number of aromatic carboxylic acids is 1. The number of rotatable bonds is 7. The summed E-state index contributed by atoms with van der Waals surface area (Å²) in [5.41, 5.74) is 0.467. The van der Waals surface area contributed by atoms with Crippen molar-refractivity contribution in [1.29, 1.82) is 0 Å². The van der Waals surface area contributed by atoms with Crippen LogP contribution in [0.4, 0.5) is 5.69 Å². The zero-order valence-corrected chi connectivity index (χ0v) is 15.9. The summed E-state index contributed by atoms with van der Waals surface area (Å²) in [5.74, 6) is -1.88. The molecule has 0 aliphatic heterocycles. The van der Waals surface area contributed by atoms with Gasteiger partial charge in [0.15, 0.2) is 5.69 Å². The number of aryl methyl sites for hydroxylation is 1. The van der Waals surface area contributed by atoms with Crippen molar-refractivity contribution >= 4 is 27.6 Å². The van der Waals surface area contributed by atoms with Crippen LogP contribution in [0.15, 0.2) is 35.5 Å². The first-order valence-electron chi connectivity index (χ1n) is 8.18. The first kappa shape index (κ1) is 20.5. The number of carboxylic acid groups (broad SMARTS) is 1. The molecule has 1 aromatic carbocycles. The zero-order chi connectivity index (χ0) is 20.2. The lowest BCUT2D eigenvalue weighted by Gasteiger charge is -2.20. The molecule has 0 fully saturated rings. The zero-order valence-electron chi connectivity index (χ0n) is 15.1. The van der Waals surface area contributed by atoms with Crippen molar-refractivity contribution in [2.45, 2.75) is 25.7 Å². The van der Waals surface area contributed by atoms with Crippen LogP contribution < -0.4 is 5.32 Å². The quantitative estimate of drug-likeness (QED) is 0.734. The van der Waals surface area contributed by atoms with E-state index in [1.54, 1.807) is 32.9 Å². The van der Waals surface area contributed by atoms with Gasteiger partial charge in [0.2, 0.25) is 10.0 Å². The van der Waals surface area contributed by atoms with E-state index >= 15 is 0 Å². The number of carboxylic acids is 1. The number of hydrogen-bond acceptors (Lipinski definition) is 6. The standard InChI is InChI=1S/C17H20N4O5S/c1-4-21(5-2)27(25,26)15-8-12(7-6-11(15)3)20-16(22)13-9-19-14(10-18-13)17(23)24/h6-10H,4-5H2,1-3H3,(H,20,22)(H,23,24). The molecule has 0 bridgehead atoms. The minimum Gasteiger partial charge on any atom is -0.476 e. The minimum atomic E-state index is -3.68. The Hall–Kier alpha value is -2.85. The molecule has 10 heteroatoms. The predicted molar refractivity (Wildman–Crippen MR) is 98.2 cm³/mol. The minimum absolute atomic E-state index is 0.0891. The maximum Gasteiger partial charge on any atom is 0.356 e. The first-order valence-corrected chi connectivity index (χ1v) is 9.62. The third kappa shape index (κ3) is 4.47. The van der Waals surface area contributed by atoms with E-state index in [0.717, 1.165) is 12.4 Å². The number of nitrogens with one attached hydrogen (secondary N) is 1. The smallest absolute Gasteiger partial charge is 0.356 e. The van der Waals surface area contributed by atoms with Gasteiger partial charge in [-0.25, -0.2) is 23.2 Å². The number of carbonyl (C=O) groups excluding carboxylic acids is 1. The van der Waals surface area contributed by atoms with E-state index in [4.69, 9.17) is 5.11 Å². The normalized spacial score (nSPS) is 11.4. The molecule has 1 aromatic heterocycles. The van der Waals surface area contributed by atoms with Gasteiger partial charge < -0.3 is 10.4 Å². The number of aromatic nitrogens is 2. The van der Waals surface area contributed by atoms with E-state index < -0.39 is 21.9 Å². The topological polar surface area (TPSA) is 130 Å². The maximum absolute atomic E-state index is 12.8. The second kappa shape index (κ2) is 8.23. The van der Waals surface area contributed by atoms with Crippen LogP contribution in [0.5, 0.6) is 0 Å². The number of hydrogen-bond donors (Lipinski definition) is 2. The lowest BCUT2D eigenvalue weighted by Crippen LogP contribution is -2.31. The van der Waals surface area contributed by atoms with Crippen LogP contribution in [0, 0.1) is 6.92 Å². The summed E-state index contributed by atoms with van der Waals surface area (Å²) >= 11 is 0. The van der Waals surface area contributed by atoms with E-state index in [9.17, 15) is 18.0 Å². The van der Waals surface area contributed by atoms with Gasteiger partial charge in [0, 0.05) is 18.8 Å². The van der Waals surface area contributed by atoms with E-state index in [0.29, 0.717) is 18.7 Å². The highest BCUT2D eigenvalue weighted by Gasteiger charge is 2.24. The molecule has 0 unspecified atom stereocenters. The summed E-state index contributed by atoms with van der Waals surface area (Å²) in [6, 6.07) is 4.57. The van der Waals surface area contributed by atoms with Crippen LogP contribution in [0.1, 0.15) is 40.4 Å². The summed E-state index contributed by atoms with van der Waals surface area (Å²) in [6.07, 6.45) is 2.02. The molecule has 0 radical (unpaired) electrons. The Morgan fingerprint density at radius 3 is 2.22 bits per heavy atom. The molecule has 1 heterocycles. The highest BCUT2D eigenvalue weighted by Crippen LogP contribution is 2.24. The molecule has 1 amide bonds. The molecule has 144 valence electrons. The monoisotopic (exact) mass is 392 g/mol. The average molecular weight is 392 g/mol. The summed E-state index contributed by atoms with van der Waals surface area (Å²) in [7, 11) is -3.68. The molecular formula is C17H20N4O5S. The molecule has 0 aliphatic carbocycles. The van der Waals surface area contributed by atoms with Crippen molar-refractivity contribution in [1.82, 2.24) is 14.3 Å². The molecule has 0 atom stereocenters. The van der Waals surface area contributed by atoms with Crippen molar-refractivity contribution < 1.29 is 23.1 Å². The Morgan fingerprint density at radius 2 is 1.70 bits per heavy atom. The second-order valence-corrected chi connectivity index (χ2v) is 7.52. The summed E-state index contributed by atoms with van der Waals surface area (Å²) in [6.45, 7) is 5.85. The van der Waals surface area contributed by atoms with Crippen molar-refractivity contribution in [2.75, 3.05) is 18.4 Å². The van der Waals surface area contributed by atoms with Gasteiger partial charge in [-0.2, -0.15) is 4.31 Å². The Labute approximate surface area is 157 Å². The van der Waals surface area contributed by atoms with Gasteiger partial charge in [0.25, 0.3) is 5.91 Å². The van der Waals surface area contributed by atoms with Gasteiger partial charge in [0.05, 0.1) is 17.3 Å². The van der Waals surface area contributed by atoms with Gasteiger partial charge in [-0.05, 0) is 24.6 Å². The molecule has 2 rings (SSSR count). The first-order chi connectivity index (χ1) is 12.7. The SMILES string of the molecule is CCN(CC)S(=O)(=O)c1cc(NC(=O)c2cnc(C(=O)O)cn2)ccc1C. The second-order valence-electron chi connectivity index (χ2n) is 5.62. The summed E-state index contributed by atoms with van der Waals surface area (Å²) in [5, 5.41) is 11.4. The Morgan fingerprint density at radius 1 is 1.11 bits per heavy atom. The highest BCUT2D eigenvalue weighted by atomic mass is 32.2. The molecule has 0 saturated heterocycles. The molecular weight excluding hydrogens is 372 g/mol. The summed E-state index contributed by atoms with van der Waals surface area (Å²) in [4.78, 5) is 30.5. The predicted octanol–water partition coefficient (Wildman–Crippen LogP) is 1.77. The van der Waals surface area contributed by atoms with E-state index in [2.05, 4.69) is 15.3 Å². The van der Waals surface area contributed by atoms with Crippen molar-refractivity contribution in [3.63, 3.8) is 0 Å². The van der Waals surface area contributed by atoms with Gasteiger partial charge in [0.1, 0.15) is 5.69 Å². The van der Waals surface area contributed by atoms with Gasteiger partial charge in [-0.15, -0.1) is 0 Å². The van der Waals surface area contributed by atoms with Crippen LogP contribution in [0.2, 0.25) is 0 Å². The van der Waals surface area contributed by atoms with Crippen molar-refractivity contribution in [2.24, 2.45) is 0 Å². The number of benzene rings is 1. The molecule has 0 aliphatic rings. The van der Waals surface area contributed by atoms with E-state index in [1.165, 1.54) is 10.4 Å². The molecule has 0 saturated carbocycles. The number of anilines is 1. The van der Waals surface area contributed by atoms with Gasteiger partial charge in [-0.1, -0.05) is 19.9 Å². The molecule has 27 heavy (non-hydrogen) atoms. The Bertz CT molecular complexity index is 954. The molecule has 2 N–H and O–H groups in total. The van der Waals surface area contributed by atoms with E-state index in [1.807, 2.05) is 0 Å². The molecule has 2 aromatic rings. The maximum atomic E-state index is 12.8. The fourth-order valence-electron chi connectivity index (χ4n) is 2.41. The van der Waals surface area contributed by atoms with E-state index in [-0.39, 0.29) is 22.0 Å². The van der Waals surface area contributed by atoms with Crippen molar-refractivity contribution in [3.8, 4) is 0 Å². The number of amides is 1. The fourth-order valence-corrected chi connectivity index (χ4v) is 4.12. The molecule has 0 spiro atoms. The number of sulfonamides is 1.